The summed E-state index contributed by atoms with van der Waals surface area (Å²) in [5.74, 6) is -3.32. The van der Waals surface area contributed by atoms with Crippen molar-refractivity contribution in [2.24, 2.45) is 5.92 Å². The molecule has 1 aromatic rings. The number of amides is 1. The lowest BCUT2D eigenvalue weighted by Gasteiger charge is -2.24. The van der Waals surface area contributed by atoms with Gasteiger partial charge in [0.05, 0.1) is 12.7 Å². The Labute approximate surface area is 109 Å². The SMILES string of the molecule is CCOC(=O)[C@H](C#N)[C@]1(O)C(=O)Nc2ccccc21. The fraction of sp³-hybridized carbons (Fsp3) is 0.308. The van der Waals surface area contributed by atoms with Crippen molar-refractivity contribution in [1.29, 1.82) is 5.26 Å². The normalized spacial score (nSPS) is 22.1. The van der Waals surface area contributed by atoms with Crippen molar-refractivity contribution in [3.8, 4) is 6.07 Å². The Hall–Kier alpha value is -2.39. The minimum atomic E-state index is -2.21. The van der Waals surface area contributed by atoms with E-state index in [-0.39, 0.29) is 12.2 Å². The summed E-state index contributed by atoms with van der Waals surface area (Å²) in [4.78, 5) is 23.7. The van der Waals surface area contributed by atoms with Crippen molar-refractivity contribution in [3.63, 3.8) is 0 Å². The van der Waals surface area contributed by atoms with Gasteiger partial charge in [-0.2, -0.15) is 5.26 Å². The summed E-state index contributed by atoms with van der Waals surface area (Å²) < 4.78 is 4.73. The molecule has 0 spiro atoms. The van der Waals surface area contributed by atoms with Crippen molar-refractivity contribution in [2.75, 3.05) is 11.9 Å². The molecule has 19 heavy (non-hydrogen) atoms. The highest BCUT2D eigenvalue weighted by molar-refractivity contribution is 6.07. The zero-order chi connectivity index (χ0) is 14.0. The number of hydrogen-bond acceptors (Lipinski definition) is 5. The summed E-state index contributed by atoms with van der Waals surface area (Å²) in [6.07, 6.45) is 0. The number of esters is 1. The number of para-hydroxylation sites is 1. The fourth-order valence-electron chi connectivity index (χ4n) is 2.09. The molecule has 1 heterocycles. The third kappa shape index (κ3) is 1.84. The van der Waals surface area contributed by atoms with E-state index in [0.29, 0.717) is 5.69 Å². The zero-order valence-electron chi connectivity index (χ0n) is 10.2. The van der Waals surface area contributed by atoms with Gasteiger partial charge in [-0.05, 0) is 13.0 Å². The van der Waals surface area contributed by atoms with E-state index in [9.17, 15) is 14.7 Å². The number of carbonyl (C=O) groups excluding carboxylic acids is 2. The maximum Gasteiger partial charge on any atom is 0.327 e. The smallest absolute Gasteiger partial charge is 0.327 e. The van der Waals surface area contributed by atoms with E-state index in [4.69, 9.17) is 10.00 Å². The van der Waals surface area contributed by atoms with E-state index in [2.05, 4.69) is 5.32 Å². The Kier molecular flexibility index (Phi) is 3.23. The molecule has 6 heteroatoms. The maximum absolute atomic E-state index is 11.9. The van der Waals surface area contributed by atoms with Gasteiger partial charge in [0.2, 0.25) is 0 Å². The van der Waals surface area contributed by atoms with Crippen LogP contribution in [0, 0.1) is 17.2 Å². The van der Waals surface area contributed by atoms with Crippen LogP contribution in [-0.2, 0) is 19.9 Å². The minimum Gasteiger partial charge on any atom is -0.465 e. The number of rotatable bonds is 3. The number of fused-ring (bicyclic) bond motifs is 1. The molecule has 0 bridgehead atoms. The highest BCUT2D eigenvalue weighted by atomic mass is 16.5. The van der Waals surface area contributed by atoms with Gasteiger partial charge in [-0.25, -0.2) is 0 Å². The molecular weight excluding hydrogens is 248 g/mol. The summed E-state index contributed by atoms with van der Waals surface area (Å²) in [6, 6.07) is 8.03. The highest BCUT2D eigenvalue weighted by Gasteiger charge is 2.55. The van der Waals surface area contributed by atoms with Crippen molar-refractivity contribution in [2.45, 2.75) is 12.5 Å². The Morgan fingerprint density at radius 1 is 1.58 bits per heavy atom. The molecular formula is C13H12N2O4. The fourth-order valence-corrected chi connectivity index (χ4v) is 2.09. The number of nitrogens with zero attached hydrogens (tertiary/aromatic N) is 1. The summed E-state index contributed by atoms with van der Waals surface area (Å²) in [5, 5.41) is 22.1. The Morgan fingerprint density at radius 3 is 2.89 bits per heavy atom. The van der Waals surface area contributed by atoms with Gasteiger partial charge in [0.15, 0.2) is 11.5 Å². The van der Waals surface area contributed by atoms with Gasteiger partial charge in [-0.3, -0.25) is 9.59 Å². The monoisotopic (exact) mass is 260 g/mol. The molecule has 0 fully saturated rings. The van der Waals surface area contributed by atoms with E-state index in [1.165, 1.54) is 6.07 Å². The van der Waals surface area contributed by atoms with Crippen molar-refractivity contribution in [1.82, 2.24) is 0 Å². The van der Waals surface area contributed by atoms with Crippen LogP contribution in [0.1, 0.15) is 12.5 Å². The molecule has 2 atom stereocenters. The second-order valence-corrected chi connectivity index (χ2v) is 4.08. The number of nitriles is 1. The molecule has 1 aromatic carbocycles. The van der Waals surface area contributed by atoms with E-state index in [1.807, 2.05) is 0 Å². The van der Waals surface area contributed by atoms with E-state index in [0.717, 1.165) is 0 Å². The number of benzene rings is 1. The molecule has 0 aliphatic carbocycles. The second-order valence-electron chi connectivity index (χ2n) is 4.08. The minimum absolute atomic E-state index is 0.0658. The second kappa shape index (κ2) is 4.71. The molecule has 98 valence electrons. The number of aliphatic hydroxyl groups is 1. The van der Waals surface area contributed by atoms with Crippen LogP contribution in [0.25, 0.3) is 0 Å². The van der Waals surface area contributed by atoms with Gasteiger partial charge in [-0.15, -0.1) is 0 Å². The van der Waals surface area contributed by atoms with E-state index < -0.39 is 23.4 Å². The number of hydrogen-bond donors (Lipinski definition) is 2. The molecule has 6 nitrogen and oxygen atoms in total. The Morgan fingerprint density at radius 2 is 2.26 bits per heavy atom. The lowest BCUT2D eigenvalue weighted by atomic mass is 9.83. The van der Waals surface area contributed by atoms with Crippen LogP contribution in [0.2, 0.25) is 0 Å². The largest absolute Gasteiger partial charge is 0.465 e. The number of carbonyl (C=O) groups is 2. The predicted molar refractivity (Wildman–Crippen MR) is 64.7 cm³/mol. The molecule has 2 N–H and O–H groups in total. The maximum atomic E-state index is 11.9. The molecule has 0 saturated carbocycles. The molecule has 0 aromatic heterocycles. The number of nitrogens with one attached hydrogen (secondary N) is 1. The van der Waals surface area contributed by atoms with Crippen LogP contribution in [0.3, 0.4) is 0 Å². The van der Waals surface area contributed by atoms with Gasteiger partial charge in [0.25, 0.3) is 5.91 Å². The third-order valence-corrected chi connectivity index (χ3v) is 3.00. The topological polar surface area (TPSA) is 99.4 Å². The molecule has 0 radical (unpaired) electrons. The van der Waals surface area contributed by atoms with Gasteiger partial charge in [0, 0.05) is 11.3 Å². The van der Waals surface area contributed by atoms with Crippen LogP contribution in [0.4, 0.5) is 5.69 Å². The van der Waals surface area contributed by atoms with E-state index >= 15 is 0 Å². The van der Waals surface area contributed by atoms with Crippen molar-refractivity contribution in [3.05, 3.63) is 29.8 Å². The predicted octanol–water partition coefficient (Wildman–Crippen LogP) is 0.529. The van der Waals surface area contributed by atoms with Crippen LogP contribution >= 0.6 is 0 Å². The Bertz CT molecular complexity index is 578. The lowest BCUT2D eigenvalue weighted by Crippen LogP contribution is -2.45. The summed E-state index contributed by atoms with van der Waals surface area (Å²) >= 11 is 0. The first-order chi connectivity index (χ1) is 9.05. The average Bonchev–Trinajstić information content (AvgIpc) is 2.64. The zero-order valence-corrected chi connectivity index (χ0v) is 10.2. The van der Waals surface area contributed by atoms with Gasteiger partial charge in [-0.1, -0.05) is 18.2 Å². The van der Waals surface area contributed by atoms with Crippen LogP contribution in [-0.4, -0.2) is 23.6 Å². The molecule has 2 rings (SSSR count). The van der Waals surface area contributed by atoms with Gasteiger partial charge >= 0.3 is 5.97 Å². The first-order valence-corrected chi connectivity index (χ1v) is 5.75. The average molecular weight is 260 g/mol. The highest BCUT2D eigenvalue weighted by Crippen LogP contribution is 2.41. The molecule has 0 saturated heterocycles. The summed E-state index contributed by atoms with van der Waals surface area (Å²) in [7, 11) is 0. The molecule has 1 aliphatic rings. The summed E-state index contributed by atoms with van der Waals surface area (Å²) in [6.45, 7) is 1.65. The van der Waals surface area contributed by atoms with Crippen molar-refractivity contribution >= 4 is 17.6 Å². The van der Waals surface area contributed by atoms with Crippen LogP contribution in [0.15, 0.2) is 24.3 Å². The van der Waals surface area contributed by atoms with Crippen LogP contribution < -0.4 is 5.32 Å². The first kappa shape index (κ1) is 13.1. The van der Waals surface area contributed by atoms with Gasteiger partial charge in [0.1, 0.15) is 0 Å². The Balaban J connectivity index is 2.50. The van der Waals surface area contributed by atoms with Crippen LogP contribution in [0.5, 0.6) is 0 Å². The number of anilines is 1. The summed E-state index contributed by atoms with van der Waals surface area (Å²) in [5.41, 5.74) is -1.61. The van der Waals surface area contributed by atoms with Crippen molar-refractivity contribution < 1.29 is 19.4 Å². The van der Waals surface area contributed by atoms with E-state index in [1.54, 1.807) is 31.2 Å². The number of ether oxygens (including phenoxy) is 1. The quantitative estimate of drug-likeness (QED) is 0.772. The first-order valence-electron chi connectivity index (χ1n) is 5.75. The third-order valence-electron chi connectivity index (χ3n) is 3.00. The molecule has 1 aliphatic heterocycles. The van der Waals surface area contributed by atoms with Gasteiger partial charge < -0.3 is 15.2 Å². The lowest BCUT2D eigenvalue weighted by molar-refractivity contribution is -0.160. The standard InChI is InChI=1S/C13H12N2O4/c1-2-19-11(16)9(7-14)13(18)8-5-3-4-6-10(8)15-12(13)17/h3-6,9,18H,2H2,1H3,(H,15,17)/t9-,13-/m0/s1. The molecule has 1 amide bonds. The molecule has 0 unspecified atom stereocenters.